The second kappa shape index (κ2) is 4.46. The van der Waals surface area contributed by atoms with E-state index in [2.05, 4.69) is 32.0 Å². The lowest BCUT2D eigenvalue weighted by atomic mass is 9.78. The van der Waals surface area contributed by atoms with Crippen LogP contribution in [0.5, 0.6) is 0 Å². The number of likely N-dealkylation sites (N-methyl/N-ethyl adjacent to an activating group) is 1. The number of nitriles is 1. The van der Waals surface area contributed by atoms with Gasteiger partial charge in [0.15, 0.2) is 0 Å². The SMILES string of the molecule is CN(C)C(C#N)C(C)(C)c1ccccc1. The third-order valence-electron chi connectivity index (χ3n) is 2.84. The molecule has 2 nitrogen and oxygen atoms in total. The van der Waals surface area contributed by atoms with Gasteiger partial charge in [0, 0.05) is 5.41 Å². The van der Waals surface area contributed by atoms with Gasteiger partial charge in [-0.05, 0) is 19.7 Å². The molecule has 0 aliphatic heterocycles. The molecule has 0 radical (unpaired) electrons. The van der Waals surface area contributed by atoms with Crippen LogP contribution in [0.2, 0.25) is 0 Å². The molecule has 15 heavy (non-hydrogen) atoms. The van der Waals surface area contributed by atoms with Gasteiger partial charge in [0.25, 0.3) is 0 Å². The molecule has 1 atom stereocenters. The molecule has 1 aromatic carbocycles. The van der Waals surface area contributed by atoms with E-state index in [0.29, 0.717) is 0 Å². The Bertz CT molecular complexity index is 347. The Kier molecular flexibility index (Phi) is 3.49. The van der Waals surface area contributed by atoms with Crippen molar-refractivity contribution in [3.63, 3.8) is 0 Å². The minimum absolute atomic E-state index is 0.111. The number of nitrogens with zero attached hydrogens (tertiary/aromatic N) is 2. The fourth-order valence-electron chi connectivity index (χ4n) is 1.95. The largest absolute Gasteiger partial charge is 0.294 e. The summed E-state index contributed by atoms with van der Waals surface area (Å²) < 4.78 is 0. The van der Waals surface area contributed by atoms with E-state index in [0.717, 1.165) is 0 Å². The number of rotatable bonds is 3. The molecule has 0 N–H and O–H groups in total. The minimum atomic E-state index is -0.153. The van der Waals surface area contributed by atoms with Crippen molar-refractivity contribution in [3.05, 3.63) is 35.9 Å². The Balaban J connectivity index is 3.07. The zero-order valence-corrected chi connectivity index (χ0v) is 9.86. The Hall–Kier alpha value is -1.33. The molecular formula is C13H18N2. The van der Waals surface area contributed by atoms with Gasteiger partial charge < -0.3 is 0 Å². The van der Waals surface area contributed by atoms with Gasteiger partial charge in [-0.15, -0.1) is 0 Å². The van der Waals surface area contributed by atoms with E-state index in [4.69, 9.17) is 0 Å². The summed E-state index contributed by atoms with van der Waals surface area (Å²) in [5.41, 5.74) is 1.05. The van der Waals surface area contributed by atoms with E-state index >= 15 is 0 Å². The molecule has 0 aliphatic rings. The van der Waals surface area contributed by atoms with Crippen LogP contribution < -0.4 is 0 Å². The lowest BCUT2D eigenvalue weighted by Crippen LogP contribution is -2.42. The minimum Gasteiger partial charge on any atom is -0.294 e. The highest BCUT2D eigenvalue weighted by atomic mass is 15.1. The number of hydrogen-bond donors (Lipinski definition) is 0. The Morgan fingerprint density at radius 2 is 1.73 bits per heavy atom. The second-order valence-electron chi connectivity index (χ2n) is 4.58. The van der Waals surface area contributed by atoms with Crippen LogP contribution in [0.25, 0.3) is 0 Å². The van der Waals surface area contributed by atoms with E-state index in [9.17, 15) is 5.26 Å². The molecule has 0 saturated carbocycles. The van der Waals surface area contributed by atoms with Crippen LogP contribution >= 0.6 is 0 Å². The standard InChI is InChI=1S/C13H18N2/c1-13(2,12(10-14)15(3)4)11-8-6-5-7-9-11/h5-9,12H,1-4H3. The lowest BCUT2D eigenvalue weighted by molar-refractivity contribution is 0.250. The Morgan fingerprint density at radius 3 is 2.13 bits per heavy atom. The molecule has 0 bridgehead atoms. The molecule has 1 aromatic rings. The third kappa shape index (κ3) is 2.37. The highest BCUT2D eigenvalue weighted by molar-refractivity contribution is 5.28. The normalized spacial score (nSPS) is 13.6. The Labute approximate surface area is 92.1 Å². The van der Waals surface area contributed by atoms with Gasteiger partial charge in [-0.2, -0.15) is 5.26 Å². The van der Waals surface area contributed by atoms with Crippen molar-refractivity contribution >= 4 is 0 Å². The first-order chi connectivity index (χ1) is 7.00. The fraction of sp³-hybridized carbons (Fsp3) is 0.462. The predicted molar refractivity (Wildman–Crippen MR) is 62.6 cm³/mol. The quantitative estimate of drug-likeness (QED) is 0.752. The van der Waals surface area contributed by atoms with E-state index in [1.54, 1.807) is 0 Å². The van der Waals surface area contributed by atoms with E-state index in [1.807, 2.05) is 37.2 Å². The first kappa shape index (κ1) is 11.7. The van der Waals surface area contributed by atoms with Crippen molar-refractivity contribution in [1.82, 2.24) is 4.90 Å². The monoisotopic (exact) mass is 202 g/mol. The van der Waals surface area contributed by atoms with Gasteiger partial charge in [0.05, 0.1) is 6.07 Å². The third-order valence-corrected chi connectivity index (χ3v) is 2.84. The summed E-state index contributed by atoms with van der Waals surface area (Å²) in [5, 5.41) is 9.20. The molecule has 2 heteroatoms. The summed E-state index contributed by atoms with van der Waals surface area (Å²) in [7, 11) is 3.89. The van der Waals surface area contributed by atoms with E-state index in [1.165, 1.54) is 5.56 Å². The summed E-state index contributed by atoms with van der Waals surface area (Å²) in [5.74, 6) is 0. The molecule has 1 unspecified atom stereocenters. The van der Waals surface area contributed by atoms with Crippen LogP contribution in [0, 0.1) is 11.3 Å². The predicted octanol–water partition coefficient (Wildman–Crippen LogP) is 2.42. The van der Waals surface area contributed by atoms with Crippen LogP contribution in [0.3, 0.4) is 0 Å². The second-order valence-corrected chi connectivity index (χ2v) is 4.58. The van der Waals surface area contributed by atoms with Gasteiger partial charge >= 0.3 is 0 Å². The molecular weight excluding hydrogens is 184 g/mol. The average molecular weight is 202 g/mol. The lowest BCUT2D eigenvalue weighted by Gasteiger charge is -2.34. The van der Waals surface area contributed by atoms with Crippen molar-refractivity contribution in [2.24, 2.45) is 0 Å². The van der Waals surface area contributed by atoms with Crippen molar-refractivity contribution in [2.75, 3.05) is 14.1 Å². The van der Waals surface area contributed by atoms with Crippen molar-refractivity contribution in [2.45, 2.75) is 25.3 Å². The molecule has 1 rings (SSSR count). The summed E-state index contributed by atoms with van der Waals surface area (Å²) in [6.07, 6.45) is 0. The zero-order chi connectivity index (χ0) is 11.5. The van der Waals surface area contributed by atoms with Gasteiger partial charge in [-0.3, -0.25) is 4.90 Å². The summed E-state index contributed by atoms with van der Waals surface area (Å²) in [4.78, 5) is 1.97. The van der Waals surface area contributed by atoms with Crippen molar-refractivity contribution < 1.29 is 0 Å². The molecule has 0 fully saturated rings. The van der Waals surface area contributed by atoms with Gasteiger partial charge in [0.2, 0.25) is 0 Å². The van der Waals surface area contributed by atoms with Crippen molar-refractivity contribution in [3.8, 4) is 6.07 Å². The molecule has 0 heterocycles. The average Bonchev–Trinajstić information content (AvgIpc) is 2.19. The topological polar surface area (TPSA) is 27.0 Å². The van der Waals surface area contributed by atoms with Crippen molar-refractivity contribution in [1.29, 1.82) is 5.26 Å². The van der Waals surface area contributed by atoms with Crippen LogP contribution in [0.1, 0.15) is 19.4 Å². The van der Waals surface area contributed by atoms with Gasteiger partial charge in [0.1, 0.15) is 6.04 Å². The molecule has 0 spiro atoms. The first-order valence-electron chi connectivity index (χ1n) is 5.11. The highest BCUT2D eigenvalue weighted by Gasteiger charge is 2.32. The van der Waals surface area contributed by atoms with E-state index in [-0.39, 0.29) is 11.5 Å². The zero-order valence-electron chi connectivity index (χ0n) is 9.86. The van der Waals surface area contributed by atoms with E-state index < -0.39 is 0 Å². The molecule has 0 aliphatic carbocycles. The maximum atomic E-state index is 9.20. The molecule has 0 aromatic heterocycles. The summed E-state index contributed by atoms with van der Waals surface area (Å²) >= 11 is 0. The smallest absolute Gasteiger partial charge is 0.106 e. The Morgan fingerprint density at radius 1 is 1.20 bits per heavy atom. The molecule has 0 amide bonds. The van der Waals surface area contributed by atoms with Crippen LogP contribution in [0.4, 0.5) is 0 Å². The summed E-state index contributed by atoms with van der Waals surface area (Å²) in [6.45, 7) is 4.21. The maximum Gasteiger partial charge on any atom is 0.106 e. The molecule has 80 valence electrons. The van der Waals surface area contributed by atoms with Crippen LogP contribution in [0.15, 0.2) is 30.3 Å². The number of benzene rings is 1. The van der Waals surface area contributed by atoms with Gasteiger partial charge in [-0.25, -0.2) is 0 Å². The van der Waals surface area contributed by atoms with Crippen LogP contribution in [-0.2, 0) is 5.41 Å². The fourth-order valence-corrected chi connectivity index (χ4v) is 1.95. The maximum absolute atomic E-state index is 9.20. The van der Waals surface area contributed by atoms with Gasteiger partial charge in [-0.1, -0.05) is 44.2 Å². The number of hydrogen-bond acceptors (Lipinski definition) is 2. The molecule has 0 saturated heterocycles. The summed E-state index contributed by atoms with van der Waals surface area (Å²) in [6, 6.07) is 12.4. The first-order valence-corrected chi connectivity index (χ1v) is 5.11. The highest BCUT2D eigenvalue weighted by Crippen LogP contribution is 2.28. The van der Waals surface area contributed by atoms with Crippen LogP contribution in [-0.4, -0.2) is 25.0 Å².